The van der Waals surface area contributed by atoms with Gasteiger partial charge in [0.15, 0.2) is 11.6 Å². The summed E-state index contributed by atoms with van der Waals surface area (Å²) in [6, 6.07) is 14.0. The number of likely N-dealkylation sites (N-methyl/N-ethyl adjacent to an activating group) is 1. The van der Waals surface area contributed by atoms with Gasteiger partial charge in [0.2, 0.25) is 5.91 Å². The molecule has 1 atom stereocenters. The first-order valence-corrected chi connectivity index (χ1v) is 13.0. The normalized spacial score (nSPS) is 11.6. The molecule has 3 amide bonds. The summed E-state index contributed by atoms with van der Waals surface area (Å²) in [6.07, 6.45) is -1.37. The van der Waals surface area contributed by atoms with Crippen LogP contribution in [0.5, 0.6) is 0 Å². The van der Waals surface area contributed by atoms with Crippen LogP contribution in [-0.4, -0.2) is 75.1 Å². The largest absolute Gasteiger partial charge is 0.460 e. The highest BCUT2D eigenvalue weighted by Crippen LogP contribution is 2.21. The van der Waals surface area contributed by atoms with Crippen molar-refractivity contribution in [1.29, 1.82) is 0 Å². The predicted octanol–water partition coefficient (Wildman–Crippen LogP) is 1.41. The number of hydrogen-bond acceptors (Lipinski definition) is 10. The van der Waals surface area contributed by atoms with Gasteiger partial charge < -0.3 is 25.4 Å². The van der Waals surface area contributed by atoms with Gasteiger partial charge in [-0.15, -0.1) is 5.10 Å². The third-order valence-electron chi connectivity index (χ3n) is 5.62. The number of rotatable bonds is 12. The molecule has 1 aromatic heterocycles. The minimum absolute atomic E-state index is 0.0457. The molecule has 0 aliphatic heterocycles. The van der Waals surface area contributed by atoms with Gasteiger partial charge in [-0.3, -0.25) is 19.2 Å². The molecule has 0 spiro atoms. The molecule has 14 nitrogen and oxygen atoms in total. The van der Waals surface area contributed by atoms with Crippen molar-refractivity contribution in [2.24, 2.45) is 0 Å². The molecule has 1 unspecified atom stereocenters. The van der Waals surface area contributed by atoms with E-state index in [1.807, 2.05) is 6.07 Å². The van der Waals surface area contributed by atoms with E-state index in [0.29, 0.717) is 5.56 Å². The number of benzene rings is 2. The number of nitrogens with one attached hydrogen (secondary N) is 3. The van der Waals surface area contributed by atoms with Crippen LogP contribution >= 0.6 is 0 Å². The third-order valence-corrected chi connectivity index (χ3v) is 5.62. The lowest BCUT2D eigenvalue weighted by molar-refractivity contribution is -0.156. The van der Waals surface area contributed by atoms with E-state index >= 15 is 0 Å². The molecule has 3 N–H and O–H groups in total. The number of tetrazole rings is 1. The predicted molar refractivity (Wildman–Crippen MR) is 149 cm³/mol. The Morgan fingerprint density at radius 2 is 1.67 bits per heavy atom. The maximum Gasteiger partial charge on any atom is 0.408 e. The van der Waals surface area contributed by atoms with Crippen LogP contribution in [0.15, 0.2) is 54.6 Å². The molecular formula is C28H33N7O7. The number of esters is 1. The Labute approximate surface area is 242 Å². The van der Waals surface area contributed by atoms with E-state index in [0.717, 1.165) is 10.2 Å². The molecule has 0 radical (unpaired) electrons. The average molecular weight is 580 g/mol. The third kappa shape index (κ3) is 9.50. The molecule has 14 heteroatoms. The van der Waals surface area contributed by atoms with Gasteiger partial charge in [-0.05, 0) is 42.8 Å². The minimum atomic E-state index is -1.33. The fraction of sp³-hybridized carbons (Fsp3) is 0.357. The zero-order chi connectivity index (χ0) is 30.7. The summed E-state index contributed by atoms with van der Waals surface area (Å²) >= 11 is 0. The van der Waals surface area contributed by atoms with Crippen LogP contribution in [0.4, 0.5) is 4.79 Å². The van der Waals surface area contributed by atoms with Crippen molar-refractivity contribution in [1.82, 2.24) is 36.2 Å². The number of ketones is 1. The van der Waals surface area contributed by atoms with Crippen molar-refractivity contribution < 1.29 is 33.4 Å². The number of ether oxygens (including phenoxy) is 2. The van der Waals surface area contributed by atoms with Gasteiger partial charge in [-0.2, -0.15) is 0 Å². The first kappa shape index (κ1) is 31.4. The molecule has 0 aliphatic carbocycles. The van der Waals surface area contributed by atoms with Gasteiger partial charge in [0, 0.05) is 12.6 Å². The Morgan fingerprint density at radius 1 is 0.976 bits per heavy atom. The molecule has 0 saturated heterocycles. The summed E-state index contributed by atoms with van der Waals surface area (Å²) in [6.45, 7) is 4.29. The van der Waals surface area contributed by atoms with E-state index in [4.69, 9.17) is 9.47 Å². The van der Waals surface area contributed by atoms with Crippen LogP contribution < -0.4 is 16.0 Å². The van der Waals surface area contributed by atoms with Crippen LogP contribution in [0.2, 0.25) is 0 Å². The molecule has 0 aliphatic rings. The van der Waals surface area contributed by atoms with E-state index in [1.54, 1.807) is 63.2 Å². The molecule has 3 aromatic rings. The molecule has 0 saturated carbocycles. The number of Topliss-reactive ketones (excluding diaryl/α,β-unsaturated/α-hetero) is 1. The first-order chi connectivity index (χ1) is 20.0. The molecule has 2 aromatic carbocycles. The minimum Gasteiger partial charge on any atom is -0.460 e. The smallest absolute Gasteiger partial charge is 0.408 e. The molecule has 0 fully saturated rings. The second kappa shape index (κ2) is 14.5. The maximum atomic E-state index is 13.4. The van der Waals surface area contributed by atoms with Crippen LogP contribution in [0, 0.1) is 0 Å². The van der Waals surface area contributed by atoms with Crippen molar-refractivity contribution in [2.75, 3.05) is 13.6 Å². The summed E-state index contributed by atoms with van der Waals surface area (Å²) < 4.78 is 11.7. The summed E-state index contributed by atoms with van der Waals surface area (Å²) in [5.74, 6) is -2.19. The van der Waals surface area contributed by atoms with Crippen molar-refractivity contribution >= 4 is 29.7 Å². The van der Waals surface area contributed by atoms with Gasteiger partial charge in [0.05, 0.1) is 18.5 Å². The number of nitrogens with zero attached hydrogens (tertiary/aromatic N) is 4. The standard InChI is InChI=1S/C28H33N7O7/c1-28(2,3)42-24(38)14-21(31-27(40)41-17-18-10-6-5-7-11-18)22(36)16-35-25(32-33-34-35)19-12-8-9-13-20(19)26(39)30-15-23(37)29-4/h5-13,21H,14-17H2,1-4H3,(H,29,37)(H,30,39)(H,31,40). The highest BCUT2D eigenvalue weighted by Gasteiger charge is 2.29. The van der Waals surface area contributed by atoms with Gasteiger partial charge in [-0.25, -0.2) is 9.48 Å². The Balaban J connectivity index is 1.79. The SMILES string of the molecule is CNC(=O)CNC(=O)c1ccccc1-c1nnnn1CC(=O)C(CC(=O)OC(C)(C)C)NC(=O)OCc1ccccc1. The molecule has 42 heavy (non-hydrogen) atoms. The second-order valence-corrected chi connectivity index (χ2v) is 10.1. The topological polar surface area (TPSA) is 183 Å². The lowest BCUT2D eigenvalue weighted by Crippen LogP contribution is -2.45. The summed E-state index contributed by atoms with van der Waals surface area (Å²) in [7, 11) is 1.45. The molecule has 1 heterocycles. The second-order valence-electron chi connectivity index (χ2n) is 10.1. The highest BCUT2D eigenvalue weighted by molar-refractivity contribution is 6.01. The van der Waals surface area contributed by atoms with Crippen molar-refractivity contribution in [3.8, 4) is 11.4 Å². The van der Waals surface area contributed by atoms with Crippen LogP contribution in [0.3, 0.4) is 0 Å². The van der Waals surface area contributed by atoms with Gasteiger partial charge in [0.25, 0.3) is 5.91 Å². The monoisotopic (exact) mass is 579 g/mol. The Morgan fingerprint density at radius 3 is 2.36 bits per heavy atom. The maximum absolute atomic E-state index is 13.4. The van der Waals surface area contributed by atoms with Crippen LogP contribution in [0.25, 0.3) is 11.4 Å². The van der Waals surface area contributed by atoms with Crippen LogP contribution in [-0.2, 0) is 37.0 Å². The molecule has 3 rings (SSSR count). The Bertz CT molecular complexity index is 1420. The van der Waals surface area contributed by atoms with Gasteiger partial charge in [0.1, 0.15) is 24.8 Å². The zero-order valence-electron chi connectivity index (χ0n) is 23.7. The number of alkyl carbamates (subject to hydrolysis) is 1. The molecular weight excluding hydrogens is 546 g/mol. The number of carbonyl (C=O) groups is 5. The highest BCUT2D eigenvalue weighted by atomic mass is 16.6. The van der Waals surface area contributed by atoms with E-state index in [1.165, 1.54) is 13.1 Å². The number of aromatic nitrogens is 4. The molecule has 222 valence electrons. The van der Waals surface area contributed by atoms with Gasteiger partial charge >= 0.3 is 12.1 Å². The molecule has 0 bridgehead atoms. The summed E-state index contributed by atoms with van der Waals surface area (Å²) in [5, 5.41) is 18.9. The Hall–Kier alpha value is -5.14. The van der Waals surface area contributed by atoms with Crippen molar-refractivity contribution in [3.63, 3.8) is 0 Å². The number of amides is 3. The number of hydrogen-bond donors (Lipinski definition) is 3. The van der Waals surface area contributed by atoms with E-state index in [2.05, 4.69) is 31.5 Å². The number of carbonyl (C=O) groups excluding carboxylic acids is 5. The zero-order valence-corrected chi connectivity index (χ0v) is 23.7. The lowest BCUT2D eigenvalue weighted by Gasteiger charge is -2.22. The van der Waals surface area contributed by atoms with E-state index in [9.17, 15) is 24.0 Å². The fourth-order valence-corrected chi connectivity index (χ4v) is 3.68. The van der Waals surface area contributed by atoms with E-state index in [-0.39, 0.29) is 30.4 Å². The van der Waals surface area contributed by atoms with Crippen LogP contribution in [0.1, 0.15) is 43.1 Å². The van der Waals surface area contributed by atoms with Crippen molar-refractivity contribution in [2.45, 2.75) is 52.0 Å². The van der Waals surface area contributed by atoms with E-state index < -0.39 is 48.4 Å². The first-order valence-electron chi connectivity index (χ1n) is 13.0. The van der Waals surface area contributed by atoms with Crippen molar-refractivity contribution in [3.05, 3.63) is 65.7 Å². The Kier molecular flexibility index (Phi) is 10.8. The average Bonchev–Trinajstić information content (AvgIpc) is 3.41. The van der Waals surface area contributed by atoms with Gasteiger partial charge in [-0.1, -0.05) is 48.5 Å². The fourth-order valence-electron chi connectivity index (χ4n) is 3.68. The summed E-state index contributed by atoms with van der Waals surface area (Å²) in [4.78, 5) is 63.0. The quantitative estimate of drug-likeness (QED) is 0.265. The lowest BCUT2D eigenvalue weighted by atomic mass is 10.1. The summed E-state index contributed by atoms with van der Waals surface area (Å²) in [5.41, 5.74) is 0.379.